The Morgan fingerprint density at radius 1 is 1.17 bits per heavy atom. The van der Waals surface area contributed by atoms with Gasteiger partial charge in [-0.25, -0.2) is 0 Å². The number of aliphatic carboxylic acids is 1. The van der Waals surface area contributed by atoms with Crippen LogP contribution in [0, 0.1) is 17.8 Å². The summed E-state index contributed by atoms with van der Waals surface area (Å²) in [5.41, 5.74) is 0. The molecule has 0 radical (unpaired) electrons. The van der Waals surface area contributed by atoms with Gasteiger partial charge in [-0.3, -0.25) is 4.79 Å². The molecule has 2 rings (SSSR count). The van der Waals surface area contributed by atoms with Crippen molar-refractivity contribution >= 4 is 5.97 Å². The standard InChI is InChI=1S/C9H14O3/c10-7-3-5-1-2-6(4-7)8(5)9(11)12/h5-8,10H,1-4H2,(H,11,12). The van der Waals surface area contributed by atoms with Gasteiger partial charge in [-0.1, -0.05) is 0 Å². The average Bonchev–Trinajstić information content (AvgIpc) is 2.24. The highest BCUT2D eigenvalue weighted by Gasteiger charge is 2.45. The molecule has 0 saturated heterocycles. The van der Waals surface area contributed by atoms with E-state index < -0.39 is 5.97 Å². The van der Waals surface area contributed by atoms with Crippen LogP contribution >= 0.6 is 0 Å². The van der Waals surface area contributed by atoms with Gasteiger partial charge in [-0.15, -0.1) is 0 Å². The Kier molecular flexibility index (Phi) is 1.83. The van der Waals surface area contributed by atoms with E-state index in [-0.39, 0.29) is 23.9 Å². The molecule has 0 aromatic rings. The van der Waals surface area contributed by atoms with Gasteiger partial charge in [0.25, 0.3) is 0 Å². The van der Waals surface area contributed by atoms with Crippen molar-refractivity contribution in [1.29, 1.82) is 0 Å². The van der Waals surface area contributed by atoms with Gasteiger partial charge in [0.1, 0.15) is 0 Å². The number of aliphatic hydroxyl groups excluding tert-OH is 1. The first-order valence-corrected chi connectivity index (χ1v) is 4.59. The van der Waals surface area contributed by atoms with E-state index in [1.165, 1.54) is 0 Å². The maximum Gasteiger partial charge on any atom is 0.307 e. The minimum Gasteiger partial charge on any atom is -0.481 e. The third-order valence-electron chi connectivity index (χ3n) is 3.36. The Bertz CT molecular complexity index is 188. The molecular weight excluding hydrogens is 156 g/mol. The molecule has 2 N–H and O–H groups in total. The number of hydrogen-bond acceptors (Lipinski definition) is 2. The number of fused-ring (bicyclic) bond motifs is 2. The molecule has 0 aliphatic heterocycles. The minimum absolute atomic E-state index is 0.159. The molecule has 2 saturated carbocycles. The molecule has 2 bridgehead atoms. The molecule has 0 amide bonds. The van der Waals surface area contributed by atoms with Crippen LogP contribution in [0.25, 0.3) is 0 Å². The Morgan fingerprint density at radius 2 is 1.67 bits per heavy atom. The zero-order valence-corrected chi connectivity index (χ0v) is 6.94. The van der Waals surface area contributed by atoms with Crippen LogP contribution in [0.15, 0.2) is 0 Å². The van der Waals surface area contributed by atoms with E-state index >= 15 is 0 Å². The predicted octanol–water partition coefficient (Wildman–Crippen LogP) is 0.868. The van der Waals surface area contributed by atoms with Gasteiger partial charge in [-0.05, 0) is 37.5 Å². The fourth-order valence-corrected chi connectivity index (χ4v) is 2.90. The highest BCUT2D eigenvalue weighted by atomic mass is 16.4. The second-order valence-corrected chi connectivity index (χ2v) is 4.09. The van der Waals surface area contributed by atoms with Gasteiger partial charge >= 0.3 is 5.97 Å². The fourth-order valence-electron chi connectivity index (χ4n) is 2.90. The highest BCUT2D eigenvalue weighted by Crippen LogP contribution is 2.46. The normalized spacial score (nSPS) is 46.1. The summed E-state index contributed by atoms with van der Waals surface area (Å²) in [7, 11) is 0. The lowest BCUT2D eigenvalue weighted by molar-refractivity contribution is -0.146. The minimum atomic E-state index is -0.658. The topological polar surface area (TPSA) is 57.5 Å². The second kappa shape index (κ2) is 2.73. The van der Waals surface area contributed by atoms with Gasteiger partial charge in [-0.2, -0.15) is 0 Å². The number of carbonyl (C=O) groups is 1. The molecule has 2 fully saturated rings. The first-order chi connectivity index (χ1) is 5.68. The molecule has 2 aliphatic carbocycles. The molecule has 0 heterocycles. The van der Waals surface area contributed by atoms with Crippen molar-refractivity contribution in [3.63, 3.8) is 0 Å². The quantitative estimate of drug-likeness (QED) is 0.614. The lowest BCUT2D eigenvalue weighted by atomic mass is 9.77. The van der Waals surface area contributed by atoms with Gasteiger partial charge < -0.3 is 10.2 Å². The third-order valence-corrected chi connectivity index (χ3v) is 3.36. The van der Waals surface area contributed by atoms with Crippen molar-refractivity contribution in [2.75, 3.05) is 0 Å². The van der Waals surface area contributed by atoms with Gasteiger partial charge in [0.05, 0.1) is 12.0 Å². The third kappa shape index (κ3) is 1.12. The van der Waals surface area contributed by atoms with E-state index in [4.69, 9.17) is 5.11 Å². The first kappa shape index (κ1) is 8.05. The van der Waals surface area contributed by atoms with Gasteiger partial charge in [0.15, 0.2) is 0 Å². The van der Waals surface area contributed by atoms with E-state index in [9.17, 15) is 9.90 Å². The summed E-state index contributed by atoms with van der Waals surface area (Å²) in [6.07, 6.45) is 3.16. The maximum atomic E-state index is 10.8. The predicted molar refractivity (Wildman–Crippen MR) is 42.6 cm³/mol. The molecule has 3 heteroatoms. The number of aliphatic hydroxyl groups is 1. The van der Waals surface area contributed by atoms with Crippen molar-refractivity contribution in [3.8, 4) is 0 Å². The summed E-state index contributed by atoms with van der Waals surface area (Å²) in [6.45, 7) is 0. The second-order valence-electron chi connectivity index (χ2n) is 4.09. The Labute approximate surface area is 71.4 Å². The van der Waals surface area contributed by atoms with Gasteiger partial charge in [0.2, 0.25) is 0 Å². The van der Waals surface area contributed by atoms with Crippen LogP contribution in [0.2, 0.25) is 0 Å². The van der Waals surface area contributed by atoms with E-state index in [1.54, 1.807) is 0 Å². The molecule has 2 atom stereocenters. The number of carboxylic acids is 1. The Morgan fingerprint density at radius 3 is 2.08 bits per heavy atom. The lowest BCUT2D eigenvalue weighted by Gasteiger charge is -2.29. The molecule has 12 heavy (non-hydrogen) atoms. The number of rotatable bonds is 1. The zero-order chi connectivity index (χ0) is 8.72. The summed E-state index contributed by atoms with van der Waals surface area (Å²) in [4.78, 5) is 10.8. The van der Waals surface area contributed by atoms with E-state index in [2.05, 4.69) is 0 Å². The summed E-state index contributed by atoms with van der Waals surface area (Å²) in [5, 5.41) is 18.3. The van der Waals surface area contributed by atoms with E-state index in [0.29, 0.717) is 12.8 Å². The summed E-state index contributed by atoms with van der Waals surface area (Å²) >= 11 is 0. The summed E-state index contributed by atoms with van der Waals surface area (Å²) in [5.74, 6) is -0.324. The van der Waals surface area contributed by atoms with Crippen molar-refractivity contribution in [1.82, 2.24) is 0 Å². The molecule has 2 unspecified atom stereocenters. The van der Waals surface area contributed by atoms with Crippen LogP contribution in [-0.4, -0.2) is 22.3 Å². The lowest BCUT2D eigenvalue weighted by Crippen LogP contribution is -2.34. The van der Waals surface area contributed by atoms with Crippen molar-refractivity contribution in [3.05, 3.63) is 0 Å². The van der Waals surface area contributed by atoms with Crippen LogP contribution < -0.4 is 0 Å². The average molecular weight is 170 g/mol. The van der Waals surface area contributed by atoms with Crippen molar-refractivity contribution < 1.29 is 15.0 Å². The van der Waals surface area contributed by atoms with Gasteiger partial charge in [0, 0.05) is 0 Å². The molecule has 3 nitrogen and oxygen atoms in total. The summed E-state index contributed by atoms with van der Waals surface area (Å²) in [6, 6.07) is 0. The fraction of sp³-hybridized carbons (Fsp3) is 0.889. The molecule has 0 aromatic carbocycles. The maximum absolute atomic E-state index is 10.8. The van der Waals surface area contributed by atoms with Crippen molar-refractivity contribution in [2.45, 2.75) is 31.8 Å². The number of hydrogen-bond donors (Lipinski definition) is 2. The van der Waals surface area contributed by atoms with Crippen LogP contribution in [0.4, 0.5) is 0 Å². The van der Waals surface area contributed by atoms with Crippen LogP contribution in [0.1, 0.15) is 25.7 Å². The zero-order valence-electron chi connectivity index (χ0n) is 6.94. The van der Waals surface area contributed by atoms with Crippen LogP contribution in [-0.2, 0) is 4.79 Å². The first-order valence-electron chi connectivity index (χ1n) is 4.59. The molecule has 0 aromatic heterocycles. The highest BCUT2D eigenvalue weighted by molar-refractivity contribution is 5.71. The van der Waals surface area contributed by atoms with Crippen molar-refractivity contribution in [2.24, 2.45) is 17.8 Å². The largest absolute Gasteiger partial charge is 0.481 e. The van der Waals surface area contributed by atoms with Crippen LogP contribution in [0.5, 0.6) is 0 Å². The SMILES string of the molecule is O=C(O)C1C2CCC1CC(O)C2. The van der Waals surface area contributed by atoms with E-state index in [1.807, 2.05) is 0 Å². The van der Waals surface area contributed by atoms with E-state index in [0.717, 1.165) is 12.8 Å². The molecule has 2 aliphatic rings. The van der Waals surface area contributed by atoms with Crippen LogP contribution in [0.3, 0.4) is 0 Å². The molecular formula is C9H14O3. The monoisotopic (exact) mass is 170 g/mol. The number of carboxylic acid groups (broad SMARTS) is 1. The molecule has 0 spiro atoms. The Balaban J connectivity index is 2.14. The Hall–Kier alpha value is -0.570. The summed E-state index contributed by atoms with van der Waals surface area (Å²) < 4.78 is 0. The smallest absolute Gasteiger partial charge is 0.307 e. The molecule has 68 valence electrons.